The molecule has 1 aromatic carbocycles. The molecule has 1 saturated carbocycles. The van der Waals surface area contributed by atoms with Crippen molar-refractivity contribution in [3.63, 3.8) is 0 Å². The fourth-order valence-corrected chi connectivity index (χ4v) is 5.06. The number of fused-ring (bicyclic) bond motifs is 1. The molecule has 0 radical (unpaired) electrons. The minimum Gasteiger partial charge on any atom is -0.481 e. The Bertz CT molecular complexity index is 1140. The molecule has 1 fully saturated rings. The molecule has 1 aliphatic carbocycles. The summed E-state index contributed by atoms with van der Waals surface area (Å²) in [5.41, 5.74) is 0.733. The second-order valence-corrected chi connectivity index (χ2v) is 8.79. The molecule has 1 amide bonds. The predicted molar refractivity (Wildman–Crippen MR) is 124 cm³/mol. The van der Waals surface area contributed by atoms with Gasteiger partial charge in [0.15, 0.2) is 0 Å². The van der Waals surface area contributed by atoms with E-state index in [4.69, 9.17) is 4.74 Å². The van der Waals surface area contributed by atoms with Crippen LogP contribution in [0.3, 0.4) is 0 Å². The Balaban J connectivity index is 1.45. The first-order chi connectivity index (χ1) is 16.3. The fraction of sp³-hybridized carbons (Fsp3) is 0.423. The van der Waals surface area contributed by atoms with Gasteiger partial charge in [-0.2, -0.15) is 13.2 Å². The lowest BCUT2D eigenvalue weighted by atomic mass is 9.75. The molecule has 5 nitrogen and oxygen atoms in total. The van der Waals surface area contributed by atoms with E-state index in [1.54, 1.807) is 18.2 Å². The number of halogens is 3. The predicted octanol–water partition coefficient (Wildman–Crippen LogP) is 6.14. The number of pyridine rings is 2. The zero-order chi connectivity index (χ0) is 24.3. The average Bonchev–Trinajstić information content (AvgIpc) is 2.86. The van der Waals surface area contributed by atoms with Crippen LogP contribution in [0.15, 0.2) is 48.8 Å². The highest BCUT2D eigenvalue weighted by Gasteiger charge is 2.34. The second-order valence-electron chi connectivity index (χ2n) is 8.79. The number of nitrogens with one attached hydrogen (secondary N) is 1. The number of carbonyl (C=O) groups excluding carboxylic acids is 1. The van der Waals surface area contributed by atoms with Gasteiger partial charge in [0.2, 0.25) is 5.88 Å². The molecule has 0 bridgehead atoms. The Hall–Kier alpha value is -3.16. The molecule has 8 heteroatoms. The summed E-state index contributed by atoms with van der Waals surface area (Å²) < 4.78 is 45.4. The quantitative estimate of drug-likeness (QED) is 0.469. The Kier molecular flexibility index (Phi) is 7.05. The van der Waals surface area contributed by atoms with Crippen molar-refractivity contribution in [1.82, 2.24) is 15.3 Å². The van der Waals surface area contributed by atoms with Gasteiger partial charge in [0.05, 0.1) is 23.8 Å². The van der Waals surface area contributed by atoms with Crippen LogP contribution in [0.4, 0.5) is 13.2 Å². The van der Waals surface area contributed by atoms with Crippen LogP contribution in [0.5, 0.6) is 5.88 Å². The zero-order valence-electron chi connectivity index (χ0n) is 19.2. The van der Waals surface area contributed by atoms with E-state index in [2.05, 4.69) is 22.2 Å². The lowest BCUT2D eigenvalue weighted by Crippen LogP contribution is -2.41. The normalized spacial score (nSPS) is 19.6. The highest BCUT2D eigenvalue weighted by atomic mass is 19.4. The molecule has 34 heavy (non-hydrogen) atoms. The average molecular weight is 472 g/mol. The Morgan fingerprint density at radius 2 is 1.88 bits per heavy atom. The number of methoxy groups -OCH3 is 1. The molecular formula is C26H28F3N3O2. The summed E-state index contributed by atoms with van der Waals surface area (Å²) in [7, 11) is 1.52. The van der Waals surface area contributed by atoms with Crippen LogP contribution in [0.1, 0.15) is 66.4 Å². The number of rotatable bonds is 6. The van der Waals surface area contributed by atoms with Gasteiger partial charge in [-0.25, -0.2) is 4.98 Å². The van der Waals surface area contributed by atoms with Crippen LogP contribution in [-0.2, 0) is 6.18 Å². The van der Waals surface area contributed by atoms with Gasteiger partial charge in [0.25, 0.3) is 5.91 Å². The largest absolute Gasteiger partial charge is 0.481 e. The van der Waals surface area contributed by atoms with E-state index in [-0.39, 0.29) is 23.4 Å². The standard InChI is InChI=1S/C26H28F3N3O2/c1-3-22(32-25(33)18-11-12-23(34-2)31-15-18)17-9-7-16(8-10-17)19-13-14-30-24-20(19)5-4-6-21(24)26(27,28)29/h4-6,11-17,22H,3,7-10H2,1-2H3,(H,32,33)/t16-,17+,22-/m0/s1. The van der Waals surface area contributed by atoms with Crippen LogP contribution in [-0.4, -0.2) is 29.0 Å². The molecule has 1 N–H and O–H groups in total. The molecule has 4 rings (SSSR count). The van der Waals surface area contributed by atoms with Crippen molar-refractivity contribution in [2.45, 2.75) is 57.2 Å². The summed E-state index contributed by atoms with van der Waals surface area (Å²) in [5, 5.41) is 3.72. The number of benzene rings is 1. The Labute approximate surface area is 196 Å². The number of aromatic nitrogens is 2. The number of para-hydroxylation sites is 1. The van der Waals surface area contributed by atoms with E-state index >= 15 is 0 Å². The Morgan fingerprint density at radius 1 is 1.12 bits per heavy atom. The van der Waals surface area contributed by atoms with E-state index in [1.807, 2.05) is 6.07 Å². The first kappa shape index (κ1) is 24.0. The first-order valence-corrected chi connectivity index (χ1v) is 11.6. The lowest BCUT2D eigenvalue weighted by Gasteiger charge is -2.34. The second kappa shape index (κ2) is 9.99. The molecule has 0 spiro atoms. The molecule has 1 atom stereocenters. The van der Waals surface area contributed by atoms with Gasteiger partial charge in [-0.15, -0.1) is 0 Å². The lowest BCUT2D eigenvalue weighted by molar-refractivity contribution is -0.136. The van der Waals surface area contributed by atoms with Crippen molar-refractivity contribution in [3.8, 4) is 5.88 Å². The van der Waals surface area contributed by atoms with E-state index in [0.29, 0.717) is 22.7 Å². The smallest absolute Gasteiger partial charge is 0.418 e. The van der Waals surface area contributed by atoms with Gasteiger partial charge in [-0.1, -0.05) is 19.1 Å². The first-order valence-electron chi connectivity index (χ1n) is 11.6. The molecular weight excluding hydrogens is 443 g/mol. The number of ether oxygens (including phenoxy) is 1. The zero-order valence-corrected chi connectivity index (χ0v) is 19.2. The summed E-state index contributed by atoms with van der Waals surface area (Å²) in [6.07, 6.45) is 2.86. The van der Waals surface area contributed by atoms with E-state index < -0.39 is 11.7 Å². The third kappa shape index (κ3) is 5.00. The maximum absolute atomic E-state index is 13.5. The van der Waals surface area contributed by atoms with E-state index in [9.17, 15) is 18.0 Å². The van der Waals surface area contributed by atoms with Gasteiger partial charge in [-0.3, -0.25) is 9.78 Å². The maximum Gasteiger partial charge on any atom is 0.418 e. The van der Waals surface area contributed by atoms with Gasteiger partial charge in [0.1, 0.15) is 0 Å². The SMILES string of the molecule is CC[C@H](NC(=O)c1ccc(OC)nc1)[C@H]1CC[C@@H](c2ccnc3c(C(F)(F)F)cccc32)CC1. The van der Waals surface area contributed by atoms with Crippen LogP contribution in [0, 0.1) is 5.92 Å². The molecule has 0 unspecified atom stereocenters. The number of hydrogen-bond acceptors (Lipinski definition) is 4. The van der Waals surface area contributed by atoms with E-state index in [1.165, 1.54) is 25.6 Å². The van der Waals surface area contributed by atoms with Crippen molar-refractivity contribution in [2.24, 2.45) is 5.92 Å². The minimum absolute atomic E-state index is 0.0152. The van der Waals surface area contributed by atoms with Gasteiger partial charge in [0, 0.05) is 29.9 Å². The summed E-state index contributed by atoms with van der Waals surface area (Å²) >= 11 is 0. The summed E-state index contributed by atoms with van der Waals surface area (Å²) in [4.78, 5) is 20.9. The van der Waals surface area contributed by atoms with Crippen LogP contribution < -0.4 is 10.1 Å². The highest BCUT2D eigenvalue weighted by Crippen LogP contribution is 2.41. The van der Waals surface area contributed by atoms with Crippen LogP contribution >= 0.6 is 0 Å². The molecule has 1 aliphatic rings. The van der Waals surface area contributed by atoms with Crippen molar-refractivity contribution in [1.29, 1.82) is 0 Å². The van der Waals surface area contributed by atoms with Crippen molar-refractivity contribution >= 4 is 16.8 Å². The third-order valence-electron chi connectivity index (χ3n) is 6.85. The number of nitrogens with zero attached hydrogens (tertiary/aromatic N) is 2. The number of alkyl halides is 3. The third-order valence-corrected chi connectivity index (χ3v) is 6.85. The van der Waals surface area contributed by atoms with Crippen LogP contribution in [0.2, 0.25) is 0 Å². The van der Waals surface area contributed by atoms with Crippen molar-refractivity contribution < 1.29 is 22.7 Å². The highest BCUT2D eigenvalue weighted by molar-refractivity contribution is 5.94. The van der Waals surface area contributed by atoms with Gasteiger partial charge >= 0.3 is 6.18 Å². The number of amides is 1. The Morgan fingerprint density at radius 3 is 2.50 bits per heavy atom. The number of carbonyl (C=O) groups is 1. The minimum atomic E-state index is -4.44. The molecule has 2 aromatic heterocycles. The van der Waals surface area contributed by atoms with Gasteiger partial charge in [-0.05, 0) is 67.7 Å². The molecule has 0 saturated heterocycles. The van der Waals surface area contributed by atoms with Crippen molar-refractivity contribution in [3.05, 3.63) is 65.5 Å². The monoisotopic (exact) mass is 471 g/mol. The van der Waals surface area contributed by atoms with Crippen LogP contribution in [0.25, 0.3) is 10.9 Å². The maximum atomic E-state index is 13.5. The fourth-order valence-electron chi connectivity index (χ4n) is 5.06. The van der Waals surface area contributed by atoms with Crippen molar-refractivity contribution in [2.75, 3.05) is 7.11 Å². The summed E-state index contributed by atoms with van der Waals surface area (Å²) in [5.74, 6) is 0.774. The number of hydrogen-bond donors (Lipinski definition) is 1. The van der Waals surface area contributed by atoms with Gasteiger partial charge < -0.3 is 10.1 Å². The topological polar surface area (TPSA) is 64.1 Å². The van der Waals surface area contributed by atoms with E-state index in [0.717, 1.165) is 43.7 Å². The summed E-state index contributed by atoms with van der Waals surface area (Å²) in [6.45, 7) is 2.05. The molecule has 2 heterocycles. The molecule has 180 valence electrons. The molecule has 3 aromatic rings. The summed E-state index contributed by atoms with van der Waals surface area (Å²) in [6, 6.07) is 9.50. The molecule has 0 aliphatic heterocycles.